The van der Waals surface area contributed by atoms with Gasteiger partial charge < -0.3 is 5.32 Å². The van der Waals surface area contributed by atoms with Crippen molar-refractivity contribution < 1.29 is 4.39 Å². The van der Waals surface area contributed by atoms with Gasteiger partial charge in [0.15, 0.2) is 0 Å². The van der Waals surface area contributed by atoms with Crippen LogP contribution in [0.5, 0.6) is 0 Å². The molecular formula is C16H18FNS. The van der Waals surface area contributed by atoms with E-state index in [1.165, 1.54) is 10.5 Å². The van der Waals surface area contributed by atoms with Gasteiger partial charge in [0.25, 0.3) is 0 Å². The molecule has 1 unspecified atom stereocenters. The highest BCUT2D eigenvalue weighted by Gasteiger charge is 2.16. The summed E-state index contributed by atoms with van der Waals surface area (Å²) in [6.07, 6.45) is 2.06. The van der Waals surface area contributed by atoms with Crippen LogP contribution in [0.1, 0.15) is 22.7 Å². The number of hydrogen-bond donors (Lipinski definition) is 1. The first-order chi connectivity index (χ1) is 9.17. The van der Waals surface area contributed by atoms with E-state index in [0.717, 1.165) is 5.56 Å². The maximum atomic E-state index is 13.7. The molecular weight excluding hydrogens is 257 g/mol. The van der Waals surface area contributed by atoms with E-state index in [1.54, 1.807) is 24.8 Å². The normalized spacial score (nSPS) is 12.4. The van der Waals surface area contributed by atoms with E-state index in [0.29, 0.717) is 5.56 Å². The quantitative estimate of drug-likeness (QED) is 0.841. The minimum atomic E-state index is -0.153. The van der Waals surface area contributed by atoms with Crippen molar-refractivity contribution in [2.75, 3.05) is 13.3 Å². The van der Waals surface area contributed by atoms with Gasteiger partial charge >= 0.3 is 0 Å². The Hall–Kier alpha value is -1.32. The highest BCUT2D eigenvalue weighted by Crippen LogP contribution is 2.30. The molecule has 0 aliphatic rings. The van der Waals surface area contributed by atoms with Crippen LogP contribution in [0.2, 0.25) is 0 Å². The molecule has 2 aromatic carbocycles. The summed E-state index contributed by atoms with van der Waals surface area (Å²) in [6.45, 7) is 1.78. The predicted molar refractivity (Wildman–Crippen MR) is 80.3 cm³/mol. The molecule has 0 radical (unpaired) electrons. The van der Waals surface area contributed by atoms with E-state index in [-0.39, 0.29) is 11.9 Å². The van der Waals surface area contributed by atoms with Gasteiger partial charge in [-0.25, -0.2) is 4.39 Å². The summed E-state index contributed by atoms with van der Waals surface area (Å²) in [5, 5.41) is 3.28. The number of halogens is 1. The number of nitrogens with one attached hydrogen (secondary N) is 1. The molecule has 2 aromatic rings. The molecule has 3 heteroatoms. The van der Waals surface area contributed by atoms with Crippen LogP contribution in [0, 0.1) is 12.7 Å². The SMILES string of the molecule is CNC(c1ccc(C)c(F)c1)c1ccccc1SC. The molecule has 1 atom stereocenters. The Balaban J connectivity index is 2.46. The molecule has 0 saturated heterocycles. The lowest BCUT2D eigenvalue weighted by molar-refractivity contribution is 0.607. The third-order valence-electron chi connectivity index (χ3n) is 3.27. The van der Waals surface area contributed by atoms with Crippen molar-refractivity contribution in [3.05, 3.63) is 65.0 Å². The molecule has 1 nitrogen and oxygen atoms in total. The van der Waals surface area contributed by atoms with E-state index in [9.17, 15) is 4.39 Å². The average molecular weight is 275 g/mol. The second-order valence-electron chi connectivity index (χ2n) is 4.47. The number of aryl methyl sites for hydroxylation is 1. The predicted octanol–water partition coefficient (Wildman–Crippen LogP) is 4.16. The van der Waals surface area contributed by atoms with E-state index < -0.39 is 0 Å². The summed E-state index contributed by atoms with van der Waals surface area (Å²) in [7, 11) is 1.90. The van der Waals surface area contributed by atoms with Crippen LogP contribution < -0.4 is 5.32 Å². The summed E-state index contributed by atoms with van der Waals surface area (Å²) < 4.78 is 13.7. The van der Waals surface area contributed by atoms with Crippen molar-refractivity contribution in [3.63, 3.8) is 0 Å². The molecule has 0 saturated carbocycles. The summed E-state index contributed by atoms with van der Waals surface area (Å²) in [5.74, 6) is -0.153. The van der Waals surface area contributed by atoms with Crippen molar-refractivity contribution in [1.82, 2.24) is 5.32 Å². The average Bonchev–Trinajstić information content (AvgIpc) is 2.44. The van der Waals surface area contributed by atoms with Gasteiger partial charge in [0.05, 0.1) is 6.04 Å². The van der Waals surface area contributed by atoms with E-state index in [4.69, 9.17) is 0 Å². The molecule has 0 heterocycles. The van der Waals surface area contributed by atoms with Crippen LogP contribution in [0.15, 0.2) is 47.4 Å². The minimum absolute atomic E-state index is 0.0127. The van der Waals surface area contributed by atoms with Crippen molar-refractivity contribution in [2.45, 2.75) is 17.9 Å². The van der Waals surface area contributed by atoms with Crippen LogP contribution >= 0.6 is 11.8 Å². The molecule has 0 amide bonds. The van der Waals surface area contributed by atoms with Gasteiger partial charge in [0.1, 0.15) is 5.82 Å². The Morgan fingerprint density at radius 3 is 2.53 bits per heavy atom. The third kappa shape index (κ3) is 2.99. The van der Waals surface area contributed by atoms with E-state index in [1.807, 2.05) is 31.3 Å². The number of hydrogen-bond acceptors (Lipinski definition) is 2. The Bertz CT molecular complexity index is 568. The van der Waals surface area contributed by atoms with E-state index >= 15 is 0 Å². The largest absolute Gasteiger partial charge is 0.309 e. The fraction of sp³-hybridized carbons (Fsp3) is 0.250. The molecule has 100 valence electrons. The maximum Gasteiger partial charge on any atom is 0.126 e. The van der Waals surface area contributed by atoms with Gasteiger partial charge in [-0.2, -0.15) is 0 Å². The molecule has 0 aromatic heterocycles. The summed E-state index contributed by atoms with van der Waals surface area (Å²) in [6, 6.07) is 13.7. The summed E-state index contributed by atoms with van der Waals surface area (Å²) >= 11 is 1.71. The molecule has 0 aliphatic carbocycles. The van der Waals surface area contributed by atoms with Crippen molar-refractivity contribution in [2.24, 2.45) is 0 Å². The number of thioether (sulfide) groups is 1. The van der Waals surface area contributed by atoms with Crippen LogP contribution in [0.3, 0.4) is 0 Å². The van der Waals surface area contributed by atoms with Gasteiger partial charge in [-0.1, -0.05) is 30.3 Å². The second-order valence-corrected chi connectivity index (χ2v) is 5.32. The lowest BCUT2D eigenvalue weighted by Gasteiger charge is -2.20. The smallest absolute Gasteiger partial charge is 0.126 e. The van der Waals surface area contributed by atoms with E-state index in [2.05, 4.69) is 23.7 Å². The van der Waals surface area contributed by atoms with Crippen LogP contribution in [0.4, 0.5) is 4.39 Å². The van der Waals surface area contributed by atoms with Gasteiger partial charge in [-0.15, -0.1) is 11.8 Å². The van der Waals surface area contributed by atoms with Gasteiger partial charge in [0.2, 0.25) is 0 Å². The van der Waals surface area contributed by atoms with Crippen LogP contribution in [-0.4, -0.2) is 13.3 Å². The summed E-state index contributed by atoms with van der Waals surface area (Å²) in [5.41, 5.74) is 2.81. The van der Waals surface area contributed by atoms with Crippen molar-refractivity contribution in [1.29, 1.82) is 0 Å². The minimum Gasteiger partial charge on any atom is -0.309 e. The van der Waals surface area contributed by atoms with Gasteiger partial charge in [-0.3, -0.25) is 0 Å². The Morgan fingerprint density at radius 2 is 1.89 bits per heavy atom. The van der Waals surface area contributed by atoms with Gasteiger partial charge in [-0.05, 0) is 49.1 Å². The zero-order chi connectivity index (χ0) is 13.8. The summed E-state index contributed by atoms with van der Waals surface area (Å²) in [4.78, 5) is 1.21. The molecule has 0 aliphatic heterocycles. The molecule has 0 spiro atoms. The zero-order valence-corrected chi connectivity index (χ0v) is 12.2. The number of rotatable bonds is 4. The van der Waals surface area contributed by atoms with Crippen LogP contribution in [-0.2, 0) is 0 Å². The molecule has 0 fully saturated rings. The molecule has 0 bridgehead atoms. The fourth-order valence-corrected chi connectivity index (χ4v) is 2.83. The first-order valence-corrected chi connectivity index (χ1v) is 7.46. The van der Waals surface area contributed by atoms with Crippen molar-refractivity contribution >= 4 is 11.8 Å². The maximum absolute atomic E-state index is 13.7. The standard InChI is InChI=1S/C16H18FNS/c1-11-8-9-12(10-14(11)17)16(18-2)13-6-4-5-7-15(13)19-3/h4-10,16,18H,1-3H3. The third-order valence-corrected chi connectivity index (χ3v) is 4.08. The Kier molecular flexibility index (Phi) is 4.61. The highest BCUT2D eigenvalue weighted by atomic mass is 32.2. The Morgan fingerprint density at radius 1 is 1.16 bits per heavy atom. The van der Waals surface area contributed by atoms with Crippen LogP contribution in [0.25, 0.3) is 0 Å². The molecule has 19 heavy (non-hydrogen) atoms. The first kappa shape index (κ1) is 14.1. The monoisotopic (exact) mass is 275 g/mol. The Labute approximate surface area is 118 Å². The lowest BCUT2D eigenvalue weighted by Crippen LogP contribution is -2.18. The first-order valence-electron chi connectivity index (χ1n) is 6.23. The molecule has 1 N–H and O–H groups in total. The van der Waals surface area contributed by atoms with Gasteiger partial charge in [0, 0.05) is 4.90 Å². The molecule has 2 rings (SSSR count). The number of benzene rings is 2. The van der Waals surface area contributed by atoms with Crippen molar-refractivity contribution in [3.8, 4) is 0 Å². The lowest BCUT2D eigenvalue weighted by atomic mass is 9.97. The zero-order valence-electron chi connectivity index (χ0n) is 11.4. The second kappa shape index (κ2) is 6.22. The highest BCUT2D eigenvalue weighted by molar-refractivity contribution is 7.98. The topological polar surface area (TPSA) is 12.0 Å². The fourth-order valence-electron chi connectivity index (χ4n) is 2.20.